The second kappa shape index (κ2) is 8.31. The number of nitrogens with zero attached hydrogens (tertiary/aromatic N) is 1. The minimum Gasteiger partial charge on any atom is -0.376 e. The third kappa shape index (κ3) is 4.06. The van der Waals surface area contributed by atoms with Gasteiger partial charge in [0.2, 0.25) is 0 Å². The van der Waals surface area contributed by atoms with Crippen LogP contribution in [-0.2, 0) is 13.1 Å². The highest BCUT2D eigenvalue weighted by atomic mass is 16.2. The first kappa shape index (κ1) is 18.9. The minimum atomic E-state index is -0.441. The molecule has 1 saturated heterocycles. The zero-order valence-electron chi connectivity index (χ0n) is 16.1. The van der Waals surface area contributed by atoms with Crippen LogP contribution in [0.3, 0.4) is 0 Å². The van der Waals surface area contributed by atoms with E-state index in [1.54, 1.807) is 12.1 Å². The Morgan fingerprint density at radius 1 is 0.828 bits per heavy atom. The van der Waals surface area contributed by atoms with Gasteiger partial charge in [0.15, 0.2) is 0 Å². The van der Waals surface area contributed by atoms with Crippen LogP contribution in [0.2, 0.25) is 0 Å². The Hall–Kier alpha value is -3.41. The molecule has 4 rings (SSSR count). The predicted molar refractivity (Wildman–Crippen MR) is 114 cm³/mol. The van der Waals surface area contributed by atoms with Gasteiger partial charge in [0.1, 0.15) is 11.4 Å². The molecule has 0 saturated carbocycles. The van der Waals surface area contributed by atoms with Gasteiger partial charge in [-0.1, -0.05) is 42.5 Å². The van der Waals surface area contributed by atoms with Crippen LogP contribution in [-0.4, -0.2) is 19.0 Å². The van der Waals surface area contributed by atoms with Crippen molar-refractivity contribution in [2.24, 2.45) is 0 Å². The molecule has 3 aromatic carbocycles. The molecule has 1 amide bonds. The van der Waals surface area contributed by atoms with Gasteiger partial charge in [-0.25, -0.2) is 0 Å². The molecule has 0 radical (unpaired) electrons. The lowest BCUT2D eigenvalue weighted by Gasteiger charge is -2.22. The Morgan fingerprint density at radius 3 is 2.17 bits per heavy atom. The van der Waals surface area contributed by atoms with E-state index in [0.29, 0.717) is 30.0 Å². The van der Waals surface area contributed by atoms with Crippen LogP contribution in [0.1, 0.15) is 34.3 Å². The van der Waals surface area contributed by atoms with Gasteiger partial charge >= 0.3 is 0 Å². The number of rotatable bonds is 7. The summed E-state index contributed by atoms with van der Waals surface area (Å²) in [7, 11) is 0. The van der Waals surface area contributed by atoms with Crippen LogP contribution in [0.5, 0.6) is 0 Å². The van der Waals surface area contributed by atoms with Gasteiger partial charge in [-0.15, -0.1) is 0 Å². The molecule has 1 fully saturated rings. The monoisotopic (exact) mass is 389 g/mol. The Kier molecular flexibility index (Phi) is 5.42. The van der Waals surface area contributed by atoms with Crippen LogP contribution >= 0.6 is 0 Å². The third-order valence-corrected chi connectivity index (χ3v) is 5.29. The van der Waals surface area contributed by atoms with Gasteiger partial charge in [0, 0.05) is 31.7 Å². The summed E-state index contributed by atoms with van der Waals surface area (Å²) in [6.07, 6.45) is 2.10. The standard InChI is InChI=1S/C23H23N3O3/c27-21-19(20(22(21)28)26-12-4-5-13-26)24-14-17-8-10-18(11-9-17)23(29)25-15-16-6-2-1-3-7-16/h1-3,6-11,24H,4-5,12-15H2,(H,25,29). The van der Waals surface area contributed by atoms with Crippen LogP contribution in [0, 0.1) is 0 Å². The number of carbonyl (C=O) groups is 1. The summed E-state index contributed by atoms with van der Waals surface area (Å²) in [5, 5.41) is 6.01. The predicted octanol–water partition coefficient (Wildman–Crippen LogP) is 2.42. The van der Waals surface area contributed by atoms with E-state index in [-0.39, 0.29) is 11.3 Å². The number of benzene rings is 2. The number of hydrogen-bond acceptors (Lipinski definition) is 5. The van der Waals surface area contributed by atoms with E-state index in [1.165, 1.54) is 0 Å². The average Bonchev–Trinajstić information content (AvgIpc) is 3.29. The maximum absolute atomic E-state index is 12.3. The smallest absolute Gasteiger partial charge is 0.253 e. The highest BCUT2D eigenvalue weighted by Gasteiger charge is 2.27. The number of hydrogen-bond donors (Lipinski definition) is 2. The summed E-state index contributed by atoms with van der Waals surface area (Å²) in [6, 6.07) is 17.0. The van der Waals surface area contributed by atoms with Crippen molar-refractivity contribution in [1.82, 2.24) is 5.32 Å². The van der Waals surface area contributed by atoms with Gasteiger partial charge in [-0.2, -0.15) is 0 Å². The normalized spacial score (nSPS) is 13.6. The van der Waals surface area contributed by atoms with Crippen molar-refractivity contribution in [3.8, 4) is 0 Å². The molecule has 3 aromatic rings. The molecule has 1 aliphatic heterocycles. The highest BCUT2D eigenvalue weighted by molar-refractivity contribution is 5.94. The molecule has 1 heterocycles. The molecule has 2 N–H and O–H groups in total. The molecule has 0 aromatic heterocycles. The van der Waals surface area contributed by atoms with E-state index in [0.717, 1.165) is 37.1 Å². The van der Waals surface area contributed by atoms with E-state index in [4.69, 9.17) is 0 Å². The second-order valence-electron chi connectivity index (χ2n) is 7.29. The fraction of sp³-hybridized carbons (Fsp3) is 0.261. The number of anilines is 2. The number of nitrogens with one attached hydrogen (secondary N) is 2. The van der Waals surface area contributed by atoms with E-state index in [1.807, 2.05) is 47.4 Å². The Balaban J connectivity index is 1.34. The molecule has 0 aliphatic carbocycles. The van der Waals surface area contributed by atoms with Crippen LogP contribution in [0.15, 0.2) is 64.2 Å². The second-order valence-corrected chi connectivity index (χ2v) is 7.29. The third-order valence-electron chi connectivity index (χ3n) is 5.29. The largest absolute Gasteiger partial charge is 0.376 e. The molecule has 6 heteroatoms. The van der Waals surface area contributed by atoms with Crippen molar-refractivity contribution in [1.29, 1.82) is 0 Å². The summed E-state index contributed by atoms with van der Waals surface area (Å²) < 4.78 is 0. The van der Waals surface area contributed by atoms with Crippen molar-refractivity contribution in [3.63, 3.8) is 0 Å². The lowest BCUT2D eigenvalue weighted by atomic mass is 10.1. The molecule has 0 unspecified atom stereocenters. The van der Waals surface area contributed by atoms with Gasteiger partial charge < -0.3 is 15.5 Å². The van der Waals surface area contributed by atoms with Crippen molar-refractivity contribution in [3.05, 3.63) is 91.7 Å². The first-order chi connectivity index (χ1) is 14.1. The zero-order chi connectivity index (χ0) is 20.2. The first-order valence-corrected chi connectivity index (χ1v) is 9.86. The number of carbonyl (C=O) groups excluding carboxylic acids is 1. The molecule has 0 spiro atoms. The molecule has 0 bridgehead atoms. The van der Waals surface area contributed by atoms with Gasteiger partial charge in [-0.05, 0) is 36.1 Å². The van der Waals surface area contributed by atoms with Gasteiger partial charge in [0.25, 0.3) is 16.8 Å². The summed E-state index contributed by atoms with van der Waals surface area (Å²) in [6.45, 7) is 2.56. The van der Waals surface area contributed by atoms with E-state index >= 15 is 0 Å². The van der Waals surface area contributed by atoms with Gasteiger partial charge in [-0.3, -0.25) is 14.4 Å². The Morgan fingerprint density at radius 2 is 1.48 bits per heavy atom. The fourth-order valence-corrected chi connectivity index (χ4v) is 3.63. The molecular formula is C23H23N3O3. The zero-order valence-corrected chi connectivity index (χ0v) is 16.1. The quantitative estimate of drug-likeness (QED) is 0.607. The van der Waals surface area contributed by atoms with E-state index in [9.17, 15) is 14.4 Å². The SMILES string of the molecule is O=C(NCc1ccccc1)c1ccc(CNc2c(N3CCCC3)c(=O)c2=O)cc1. The molecule has 148 valence electrons. The lowest BCUT2D eigenvalue weighted by Crippen LogP contribution is -2.41. The number of amides is 1. The summed E-state index contributed by atoms with van der Waals surface area (Å²) in [4.78, 5) is 38.1. The minimum absolute atomic E-state index is 0.132. The lowest BCUT2D eigenvalue weighted by molar-refractivity contribution is 0.0951. The van der Waals surface area contributed by atoms with Gasteiger partial charge in [0.05, 0.1) is 0 Å². The van der Waals surface area contributed by atoms with Crippen LogP contribution < -0.4 is 26.4 Å². The van der Waals surface area contributed by atoms with Crippen LogP contribution in [0.25, 0.3) is 0 Å². The Bertz CT molecular complexity index is 1060. The van der Waals surface area contributed by atoms with E-state index < -0.39 is 5.43 Å². The first-order valence-electron chi connectivity index (χ1n) is 9.86. The molecular weight excluding hydrogens is 366 g/mol. The maximum atomic E-state index is 12.3. The summed E-state index contributed by atoms with van der Waals surface area (Å²) >= 11 is 0. The topological polar surface area (TPSA) is 78.5 Å². The Labute approximate surface area is 168 Å². The fourth-order valence-electron chi connectivity index (χ4n) is 3.63. The summed E-state index contributed by atoms with van der Waals surface area (Å²) in [5.74, 6) is -0.132. The highest BCUT2D eigenvalue weighted by Crippen LogP contribution is 2.24. The van der Waals surface area contributed by atoms with E-state index in [2.05, 4.69) is 10.6 Å². The molecule has 6 nitrogen and oxygen atoms in total. The van der Waals surface area contributed by atoms with Crippen molar-refractivity contribution >= 4 is 17.3 Å². The van der Waals surface area contributed by atoms with Crippen molar-refractivity contribution < 1.29 is 4.79 Å². The maximum Gasteiger partial charge on any atom is 0.253 e. The molecule has 29 heavy (non-hydrogen) atoms. The molecule has 1 aliphatic rings. The summed E-state index contributed by atoms with van der Waals surface area (Å²) in [5.41, 5.74) is 2.68. The van der Waals surface area contributed by atoms with Crippen molar-refractivity contribution in [2.75, 3.05) is 23.3 Å². The van der Waals surface area contributed by atoms with Crippen LogP contribution in [0.4, 0.5) is 11.4 Å². The average molecular weight is 389 g/mol. The van der Waals surface area contributed by atoms with Crippen molar-refractivity contribution in [2.45, 2.75) is 25.9 Å². The molecule has 0 atom stereocenters.